The highest BCUT2D eigenvalue weighted by Gasteiger charge is 2.46. The lowest BCUT2D eigenvalue weighted by Crippen LogP contribution is -2.47. The predicted octanol–water partition coefficient (Wildman–Crippen LogP) is 2.94. The molecule has 1 aliphatic carbocycles. The quantitative estimate of drug-likeness (QED) is 0.925. The van der Waals surface area contributed by atoms with Crippen LogP contribution in [-0.4, -0.2) is 15.8 Å². The van der Waals surface area contributed by atoms with Crippen molar-refractivity contribution in [3.63, 3.8) is 0 Å². The first-order valence-corrected chi connectivity index (χ1v) is 7.01. The molecule has 1 fully saturated rings. The number of aromatic nitrogens is 2. The van der Waals surface area contributed by atoms with Crippen molar-refractivity contribution >= 4 is 5.69 Å². The molecule has 0 amide bonds. The van der Waals surface area contributed by atoms with Gasteiger partial charge in [0, 0.05) is 18.8 Å². The van der Waals surface area contributed by atoms with Crippen LogP contribution in [0.25, 0.3) is 0 Å². The number of hydrogen-bond acceptors (Lipinski definition) is 3. The third-order valence-electron chi connectivity index (χ3n) is 4.06. The third kappa shape index (κ3) is 2.16. The van der Waals surface area contributed by atoms with Crippen molar-refractivity contribution in [3.05, 3.63) is 48.3 Å². The van der Waals surface area contributed by atoms with Crippen LogP contribution in [0.15, 0.2) is 42.7 Å². The predicted molar refractivity (Wildman–Crippen MR) is 78.3 cm³/mol. The molecule has 0 radical (unpaired) electrons. The van der Waals surface area contributed by atoms with E-state index in [1.807, 2.05) is 35.3 Å². The number of nitriles is 1. The molecule has 1 aromatic carbocycles. The van der Waals surface area contributed by atoms with Crippen LogP contribution in [-0.2, 0) is 12.0 Å². The number of nitrogens with one attached hydrogen (secondary N) is 1. The Labute approximate surface area is 119 Å². The zero-order valence-electron chi connectivity index (χ0n) is 11.6. The molecule has 1 aromatic heterocycles. The molecule has 4 nitrogen and oxygen atoms in total. The smallest absolute Gasteiger partial charge is 0.0861 e. The lowest BCUT2D eigenvalue weighted by molar-refractivity contribution is 0.289. The Balaban J connectivity index is 1.66. The number of anilines is 1. The SMILES string of the molecule is CCn1cc(NC2CC(C#N)(c3ccccc3)C2)cn1. The van der Waals surface area contributed by atoms with Crippen molar-refractivity contribution in [3.8, 4) is 6.07 Å². The number of rotatable bonds is 4. The number of aryl methyl sites for hydroxylation is 1. The monoisotopic (exact) mass is 266 g/mol. The Morgan fingerprint density at radius 3 is 2.75 bits per heavy atom. The fraction of sp³-hybridized carbons (Fsp3) is 0.375. The van der Waals surface area contributed by atoms with Gasteiger partial charge in [-0.15, -0.1) is 0 Å². The fourth-order valence-corrected chi connectivity index (χ4v) is 2.88. The second kappa shape index (κ2) is 5.01. The molecule has 1 aliphatic rings. The van der Waals surface area contributed by atoms with Crippen LogP contribution in [0.5, 0.6) is 0 Å². The summed E-state index contributed by atoms with van der Waals surface area (Å²) in [5.74, 6) is 0. The molecule has 102 valence electrons. The standard InChI is InChI=1S/C16H18N4/c1-2-20-11-15(10-18-20)19-14-8-16(9-14,12-17)13-6-4-3-5-7-13/h3-7,10-11,14,19H,2,8-9H2,1H3. The zero-order valence-corrected chi connectivity index (χ0v) is 11.6. The van der Waals surface area contributed by atoms with E-state index >= 15 is 0 Å². The summed E-state index contributed by atoms with van der Waals surface area (Å²) in [6.45, 7) is 2.94. The van der Waals surface area contributed by atoms with Gasteiger partial charge in [0.2, 0.25) is 0 Å². The van der Waals surface area contributed by atoms with E-state index in [9.17, 15) is 5.26 Å². The maximum absolute atomic E-state index is 9.52. The third-order valence-corrected chi connectivity index (χ3v) is 4.06. The minimum Gasteiger partial charge on any atom is -0.380 e. The van der Waals surface area contributed by atoms with Gasteiger partial charge in [-0.3, -0.25) is 4.68 Å². The molecular weight excluding hydrogens is 248 g/mol. The highest BCUT2D eigenvalue weighted by molar-refractivity contribution is 5.44. The van der Waals surface area contributed by atoms with Crippen LogP contribution in [0, 0.1) is 11.3 Å². The van der Waals surface area contributed by atoms with Gasteiger partial charge >= 0.3 is 0 Å². The molecule has 0 aliphatic heterocycles. The Morgan fingerprint density at radius 1 is 1.40 bits per heavy atom. The van der Waals surface area contributed by atoms with Crippen molar-refractivity contribution in [2.45, 2.75) is 37.8 Å². The van der Waals surface area contributed by atoms with Gasteiger partial charge in [0.1, 0.15) is 0 Å². The van der Waals surface area contributed by atoms with E-state index in [1.54, 1.807) is 0 Å². The molecule has 20 heavy (non-hydrogen) atoms. The van der Waals surface area contributed by atoms with Gasteiger partial charge in [0.15, 0.2) is 0 Å². The van der Waals surface area contributed by atoms with Crippen LogP contribution < -0.4 is 5.32 Å². The normalized spacial score (nSPS) is 24.7. The van der Waals surface area contributed by atoms with Crippen molar-refractivity contribution < 1.29 is 0 Å². The van der Waals surface area contributed by atoms with Crippen molar-refractivity contribution in [2.75, 3.05) is 5.32 Å². The summed E-state index contributed by atoms with van der Waals surface area (Å²) >= 11 is 0. The highest BCUT2D eigenvalue weighted by Crippen LogP contribution is 2.44. The van der Waals surface area contributed by atoms with E-state index in [1.165, 1.54) is 0 Å². The van der Waals surface area contributed by atoms with Crippen LogP contribution in [0.2, 0.25) is 0 Å². The molecule has 4 heteroatoms. The van der Waals surface area contributed by atoms with Crippen LogP contribution in [0.4, 0.5) is 5.69 Å². The topological polar surface area (TPSA) is 53.6 Å². The minimum absolute atomic E-state index is 0.320. The molecule has 1 heterocycles. The molecule has 1 saturated carbocycles. The van der Waals surface area contributed by atoms with Gasteiger partial charge < -0.3 is 5.32 Å². The van der Waals surface area contributed by atoms with Gasteiger partial charge in [0.05, 0.1) is 23.4 Å². The molecule has 0 saturated heterocycles. The molecule has 2 aromatic rings. The number of hydrogen-bond donors (Lipinski definition) is 1. The van der Waals surface area contributed by atoms with Crippen molar-refractivity contribution in [2.24, 2.45) is 0 Å². The van der Waals surface area contributed by atoms with E-state index in [0.29, 0.717) is 6.04 Å². The van der Waals surface area contributed by atoms with E-state index in [-0.39, 0.29) is 5.41 Å². The van der Waals surface area contributed by atoms with Gasteiger partial charge in [-0.1, -0.05) is 30.3 Å². The first-order valence-electron chi connectivity index (χ1n) is 7.01. The number of benzene rings is 1. The average molecular weight is 266 g/mol. The van der Waals surface area contributed by atoms with Gasteiger partial charge in [-0.05, 0) is 25.3 Å². The summed E-state index contributed by atoms with van der Waals surface area (Å²) in [5.41, 5.74) is 1.85. The van der Waals surface area contributed by atoms with E-state index < -0.39 is 0 Å². The zero-order chi connectivity index (χ0) is 14.0. The summed E-state index contributed by atoms with van der Waals surface area (Å²) in [6, 6.07) is 12.9. The summed E-state index contributed by atoms with van der Waals surface area (Å²) in [7, 11) is 0. The lowest BCUT2D eigenvalue weighted by Gasteiger charge is -2.43. The lowest BCUT2D eigenvalue weighted by atomic mass is 9.62. The largest absolute Gasteiger partial charge is 0.380 e. The molecule has 3 rings (SSSR count). The summed E-state index contributed by atoms with van der Waals surface area (Å²) in [6.07, 6.45) is 5.56. The molecule has 0 unspecified atom stereocenters. The highest BCUT2D eigenvalue weighted by atomic mass is 15.3. The van der Waals surface area contributed by atoms with Gasteiger partial charge in [-0.2, -0.15) is 10.4 Å². The molecular formula is C16H18N4. The molecule has 0 atom stereocenters. The Hall–Kier alpha value is -2.28. The molecule has 0 bridgehead atoms. The fourth-order valence-electron chi connectivity index (χ4n) is 2.88. The molecule has 0 spiro atoms. The first-order chi connectivity index (χ1) is 9.75. The minimum atomic E-state index is -0.320. The summed E-state index contributed by atoms with van der Waals surface area (Å²) < 4.78 is 1.90. The van der Waals surface area contributed by atoms with E-state index in [4.69, 9.17) is 0 Å². The Kier molecular flexibility index (Phi) is 3.19. The Morgan fingerprint density at radius 2 is 2.15 bits per heavy atom. The van der Waals surface area contributed by atoms with Gasteiger partial charge in [0.25, 0.3) is 0 Å². The number of nitrogens with zero attached hydrogens (tertiary/aromatic N) is 3. The maximum Gasteiger partial charge on any atom is 0.0861 e. The van der Waals surface area contributed by atoms with Gasteiger partial charge in [-0.25, -0.2) is 0 Å². The van der Waals surface area contributed by atoms with E-state index in [0.717, 1.165) is 30.6 Å². The maximum atomic E-state index is 9.52. The van der Waals surface area contributed by atoms with Crippen molar-refractivity contribution in [1.29, 1.82) is 5.26 Å². The second-order valence-corrected chi connectivity index (χ2v) is 5.39. The average Bonchev–Trinajstić information content (AvgIpc) is 2.91. The van der Waals surface area contributed by atoms with E-state index in [2.05, 4.69) is 35.5 Å². The second-order valence-electron chi connectivity index (χ2n) is 5.39. The van der Waals surface area contributed by atoms with Crippen LogP contribution in [0.3, 0.4) is 0 Å². The van der Waals surface area contributed by atoms with Crippen LogP contribution >= 0.6 is 0 Å². The van der Waals surface area contributed by atoms with Crippen molar-refractivity contribution in [1.82, 2.24) is 9.78 Å². The molecule has 1 N–H and O–H groups in total. The Bertz CT molecular complexity index is 617. The first kappa shape index (κ1) is 12.7. The van der Waals surface area contributed by atoms with Crippen LogP contribution in [0.1, 0.15) is 25.3 Å². The summed E-state index contributed by atoms with van der Waals surface area (Å²) in [5, 5.41) is 17.2. The summed E-state index contributed by atoms with van der Waals surface area (Å²) in [4.78, 5) is 0.